The Labute approximate surface area is 170 Å². The third kappa shape index (κ3) is 3.76. The van der Waals surface area contributed by atoms with Gasteiger partial charge in [-0.05, 0) is 30.5 Å². The number of halogens is 3. The van der Waals surface area contributed by atoms with Gasteiger partial charge in [-0.15, -0.1) is 16.4 Å². The quantitative estimate of drug-likeness (QED) is 0.512. The number of alkyl halides is 3. The highest BCUT2D eigenvalue weighted by molar-refractivity contribution is 7.12. The van der Waals surface area contributed by atoms with E-state index >= 15 is 0 Å². The number of thiophene rings is 1. The second-order valence-electron chi connectivity index (χ2n) is 5.80. The fraction of sp³-hybridized carbons (Fsp3) is 0.118. The summed E-state index contributed by atoms with van der Waals surface area (Å²) in [5, 5.41) is 12.5. The molecule has 0 spiro atoms. The zero-order valence-corrected chi connectivity index (χ0v) is 16.3. The summed E-state index contributed by atoms with van der Waals surface area (Å²) in [5.41, 5.74) is -0.391. The zero-order valence-electron chi connectivity index (χ0n) is 14.6. The first-order valence-electron chi connectivity index (χ1n) is 8.12. The van der Waals surface area contributed by atoms with Crippen molar-refractivity contribution in [3.63, 3.8) is 0 Å². The summed E-state index contributed by atoms with van der Waals surface area (Å²) in [4.78, 5) is 16.8. The van der Waals surface area contributed by atoms with Crippen molar-refractivity contribution >= 4 is 33.9 Å². The van der Waals surface area contributed by atoms with Gasteiger partial charge < -0.3 is 0 Å². The average molecular weight is 436 g/mol. The summed E-state index contributed by atoms with van der Waals surface area (Å²) in [7, 11) is 0. The topological polar surface area (TPSA) is 85.6 Å². The van der Waals surface area contributed by atoms with Crippen LogP contribution >= 0.6 is 22.9 Å². The molecular formula is C17H11F3N6OS2. The summed E-state index contributed by atoms with van der Waals surface area (Å²) in [6.07, 6.45) is -4.53. The minimum atomic E-state index is -4.53. The van der Waals surface area contributed by atoms with Gasteiger partial charge in [-0.25, -0.2) is 4.68 Å². The number of aromatic nitrogens is 5. The number of carbonyl (C=O) groups excluding carboxylic acids is 1. The molecule has 12 heteroatoms. The third-order valence-corrected chi connectivity index (χ3v) is 5.43. The summed E-state index contributed by atoms with van der Waals surface area (Å²) in [6.45, 7) is 1.58. The molecule has 0 unspecified atom stereocenters. The van der Waals surface area contributed by atoms with E-state index < -0.39 is 11.7 Å². The minimum absolute atomic E-state index is 0.141. The van der Waals surface area contributed by atoms with Crippen molar-refractivity contribution in [3.05, 3.63) is 57.9 Å². The molecule has 29 heavy (non-hydrogen) atoms. The van der Waals surface area contributed by atoms with Gasteiger partial charge in [0, 0.05) is 11.5 Å². The highest BCUT2D eigenvalue weighted by Crippen LogP contribution is 2.34. The number of anilines is 1. The van der Waals surface area contributed by atoms with E-state index in [2.05, 4.69) is 25.0 Å². The average Bonchev–Trinajstić information content (AvgIpc) is 3.42. The van der Waals surface area contributed by atoms with Crippen LogP contribution in [0.5, 0.6) is 0 Å². The van der Waals surface area contributed by atoms with Gasteiger partial charge in [-0.3, -0.25) is 10.1 Å². The second-order valence-corrected chi connectivity index (χ2v) is 7.50. The Bertz CT molecular complexity index is 1170. The van der Waals surface area contributed by atoms with Crippen LogP contribution in [0.25, 0.3) is 17.2 Å². The molecular weight excluding hydrogens is 425 g/mol. The molecule has 148 valence electrons. The molecule has 0 saturated heterocycles. The Morgan fingerprint density at radius 3 is 2.69 bits per heavy atom. The van der Waals surface area contributed by atoms with Gasteiger partial charge in [0.05, 0.1) is 21.8 Å². The van der Waals surface area contributed by atoms with Gasteiger partial charge in [0.2, 0.25) is 5.13 Å². The number of nitrogens with zero attached hydrogens (tertiary/aromatic N) is 5. The molecule has 7 nitrogen and oxygen atoms in total. The van der Waals surface area contributed by atoms with E-state index in [1.165, 1.54) is 29.5 Å². The Kier molecular flexibility index (Phi) is 4.88. The highest BCUT2D eigenvalue weighted by Gasteiger charge is 2.34. The lowest BCUT2D eigenvalue weighted by atomic mass is 10.1. The van der Waals surface area contributed by atoms with E-state index in [1.54, 1.807) is 24.4 Å². The smallest absolute Gasteiger partial charge is 0.296 e. The van der Waals surface area contributed by atoms with E-state index in [1.807, 2.05) is 0 Å². The molecule has 0 fully saturated rings. The molecule has 1 aromatic carbocycles. The van der Waals surface area contributed by atoms with Crippen LogP contribution in [0.1, 0.15) is 20.9 Å². The van der Waals surface area contributed by atoms with Crippen LogP contribution in [0.4, 0.5) is 18.3 Å². The van der Waals surface area contributed by atoms with Crippen molar-refractivity contribution in [2.24, 2.45) is 0 Å². The Morgan fingerprint density at radius 1 is 1.17 bits per heavy atom. The molecule has 0 saturated carbocycles. The fourth-order valence-electron chi connectivity index (χ4n) is 2.60. The lowest BCUT2D eigenvalue weighted by Gasteiger charge is -2.12. The van der Waals surface area contributed by atoms with Crippen LogP contribution in [-0.2, 0) is 6.18 Å². The number of hydrogen-bond donors (Lipinski definition) is 1. The molecule has 3 aromatic heterocycles. The van der Waals surface area contributed by atoms with Crippen LogP contribution in [0.2, 0.25) is 0 Å². The summed E-state index contributed by atoms with van der Waals surface area (Å²) in [6, 6.07) is 8.53. The first-order chi connectivity index (χ1) is 13.8. The SMILES string of the molecule is Cc1c(-c2nsc(NC(=O)c3cccs3)n2)nnn1-c1ccccc1C(F)(F)F. The van der Waals surface area contributed by atoms with Gasteiger partial charge >= 0.3 is 6.18 Å². The monoisotopic (exact) mass is 436 g/mol. The molecule has 4 rings (SSSR count). The van der Waals surface area contributed by atoms with Crippen molar-refractivity contribution in [1.82, 2.24) is 24.4 Å². The molecule has 0 aliphatic rings. The standard InChI is InChI=1S/C17H11F3N6OS2/c1-9-13(14-21-16(29-24-14)22-15(27)12-7-4-8-28-12)23-25-26(9)11-6-3-2-5-10(11)17(18,19)20/h2-8H,1H3,(H,21,22,24,27). The molecule has 0 bridgehead atoms. The van der Waals surface area contributed by atoms with Crippen LogP contribution < -0.4 is 5.32 Å². The third-order valence-electron chi connectivity index (χ3n) is 3.94. The van der Waals surface area contributed by atoms with Gasteiger partial charge in [0.25, 0.3) is 5.91 Å². The Balaban J connectivity index is 1.64. The van der Waals surface area contributed by atoms with Crippen molar-refractivity contribution < 1.29 is 18.0 Å². The normalized spacial score (nSPS) is 11.6. The maximum atomic E-state index is 13.3. The number of amides is 1. The molecule has 0 atom stereocenters. The zero-order chi connectivity index (χ0) is 20.6. The van der Waals surface area contributed by atoms with Crippen molar-refractivity contribution in [3.8, 4) is 17.2 Å². The maximum absolute atomic E-state index is 13.3. The van der Waals surface area contributed by atoms with Crippen molar-refractivity contribution in [2.75, 3.05) is 5.32 Å². The minimum Gasteiger partial charge on any atom is -0.296 e. The van der Waals surface area contributed by atoms with Crippen molar-refractivity contribution in [2.45, 2.75) is 13.1 Å². The number of nitrogens with one attached hydrogen (secondary N) is 1. The fourth-order valence-corrected chi connectivity index (χ4v) is 3.78. The Morgan fingerprint density at radius 2 is 1.97 bits per heavy atom. The van der Waals surface area contributed by atoms with E-state index in [9.17, 15) is 18.0 Å². The van der Waals surface area contributed by atoms with Crippen LogP contribution in [0, 0.1) is 6.92 Å². The molecule has 0 aliphatic carbocycles. The number of benzene rings is 1. The second kappa shape index (κ2) is 7.37. The van der Waals surface area contributed by atoms with E-state index in [4.69, 9.17) is 0 Å². The lowest BCUT2D eigenvalue weighted by Crippen LogP contribution is -2.12. The highest BCUT2D eigenvalue weighted by atomic mass is 32.1. The number of hydrogen-bond acceptors (Lipinski definition) is 7. The largest absolute Gasteiger partial charge is 0.418 e. The van der Waals surface area contributed by atoms with Crippen LogP contribution in [0.15, 0.2) is 41.8 Å². The number of rotatable bonds is 4. The number of carbonyl (C=O) groups is 1. The summed E-state index contributed by atoms with van der Waals surface area (Å²) < 4.78 is 45.2. The van der Waals surface area contributed by atoms with Gasteiger partial charge in [0.15, 0.2) is 11.5 Å². The first-order valence-corrected chi connectivity index (χ1v) is 9.77. The molecule has 0 radical (unpaired) electrons. The van der Waals surface area contributed by atoms with Crippen LogP contribution in [0.3, 0.4) is 0 Å². The molecule has 1 N–H and O–H groups in total. The van der Waals surface area contributed by atoms with Gasteiger partial charge in [0.1, 0.15) is 0 Å². The summed E-state index contributed by atoms with van der Waals surface area (Å²) in [5.74, 6) is -0.146. The molecule has 1 amide bonds. The van der Waals surface area contributed by atoms with Gasteiger partial charge in [-0.2, -0.15) is 22.5 Å². The van der Waals surface area contributed by atoms with E-state index in [0.717, 1.165) is 22.3 Å². The molecule has 4 aromatic rings. The molecule has 3 heterocycles. The van der Waals surface area contributed by atoms with Crippen LogP contribution in [-0.4, -0.2) is 30.3 Å². The lowest BCUT2D eigenvalue weighted by molar-refractivity contribution is -0.137. The van der Waals surface area contributed by atoms with Crippen molar-refractivity contribution in [1.29, 1.82) is 0 Å². The Hall–Kier alpha value is -3.12. The van der Waals surface area contributed by atoms with E-state index in [0.29, 0.717) is 10.6 Å². The van der Waals surface area contributed by atoms with E-state index in [-0.39, 0.29) is 28.2 Å². The maximum Gasteiger partial charge on any atom is 0.418 e. The first kappa shape index (κ1) is 19.2. The van der Waals surface area contributed by atoms with Gasteiger partial charge in [-0.1, -0.05) is 23.4 Å². The number of para-hydroxylation sites is 1. The predicted octanol–water partition coefficient (Wildman–Crippen LogP) is 4.43. The predicted molar refractivity (Wildman–Crippen MR) is 102 cm³/mol. The summed E-state index contributed by atoms with van der Waals surface area (Å²) >= 11 is 2.23. The molecule has 0 aliphatic heterocycles.